The van der Waals surface area contributed by atoms with Gasteiger partial charge in [-0.25, -0.2) is 9.37 Å². The van der Waals surface area contributed by atoms with E-state index in [2.05, 4.69) is 39.6 Å². The van der Waals surface area contributed by atoms with Crippen LogP contribution in [-0.4, -0.2) is 15.0 Å². The van der Waals surface area contributed by atoms with Crippen LogP contribution >= 0.6 is 11.3 Å². The van der Waals surface area contributed by atoms with Crippen molar-refractivity contribution in [2.75, 3.05) is 5.32 Å². The lowest BCUT2D eigenvalue weighted by Gasteiger charge is -2.14. The fourth-order valence-corrected chi connectivity index (χ4v) is 4.34. The van der Waals surface area contributed by atoms with Crippen molar-refractivity contribution in [2.24, 2.45) is 0 Å². The second-order valence-corrected chi connectivity index (χ2v) is 8.69. The van der Waals surface area contributed by atoms with Crippen molar-refractivity contribution in [3.8, 4) is 22.4 Å². The van der Waals surface area contributed by atoms with Crippen LogP contribution in [0.25, 0.3) is 32.6 Å². The molecule has 3 aromatic heterocycles. The normalized spacial score (nSPS) is 11.1. The number of thiazole rings is 1. The van der Waals surface area contributed by atoms with Crippen LogP contribution in [0.2, 0.25) is 0 Å². The van der Waals surface area contributed by atoms with Gasteiger partial charge in [0.05, 0.1) is 45.5 Å². The summed E-state index contributed by atoms with van der Waals surface area (Å²) < 4.78 is 15.0. The van der Waals surface area contributed by atoms with Gasteiger partial charge in [-0.2, -0.15) is 0 Å². The monoisotopic (exact) mass is 440 g/mol. The number of pyridine rings is 2. The average molecular weight is 441 g/mol. The topological polar surface area (TPSA) is 50.7 Å². The smallest absolute Gasteiger partial charge is 0.126 e. The minimum Gasteiger partial charge on any atom is -0.378 e. The molecule has 0 bridgehead atoms. The Hall–Kier alpha value is -3.64. The summed E-state index contributed by atoms with van der Waals surface area (Å²) in [5.74, 6) is -0.217. The van der Waals surface area contributed by atoms with Crippen LogP contribution in [0.4, 0.5) is 10.1 Å². The summed E-state index contributed by atoms with van der Waals surface area (Å²) in [5.41, 5.74) is 10.1. The number of hydrogen-bond donors (Lipinski definition) is 1. The zero-order chi connectivity index (χ0) is 22.1. The van der Waals surface area contributed by atoms with Crippen molar-refractivity contribution in [3.05, 3.63) is 95.1 Å². The van der Waals surface area contributed by atoms with Crippen molar-refractivity contribution >= 4 is 27.2 Å². The summed E-state index contributed by atoms with van der Waals surface area (Å²) in [5, 5.41) is 3.43. The van der Waals surface area contributed by atoms with Crippen molar-refractivity contribution in [1.29, 1.82) is 0 Å². The van der Waals surface area contributed by atoms with E-state index in [-0.39, 0.29) is 5.82 Å². The van der Waals surface area contributed by atoms with Gasteiger partial charge in [0.1, 0.15) is 5.82 Å². The lowest BCUT2D eigenvalue weighted by atomic mass is 9.97. The molecule has 0 radical (unpaired) electrons. The average Bonchev–Trinajstić information content (AvgIpc) is 3.28. The molecule has 0 aliphatic rings. The molecule has 3 heterocycles. The molecule has 0 spiro atoms. The van der Waals surface area contributed by atoms with Crippen LogP contribution < -0.4 is 5.32 Å². The maximum absolute atomic E-state index is 13.9. The summed E-state index contributed by atoms with van der Waals surface area (Å²) in [6, 6.07) is 17.5. The van der Waals surface area contributed by atoms with E-state index in [1.54, 1.807) is 24.3 Å². The van der Waals surface area contributed by atoms with Gasteiger partial charge in [0.2, 0.25) is 0 Å². The van der Waals surface area contributed by atoms with Gasteiger partial charge in [-0.1, -0.05) is 12.1 Å². The van der Waals surface area contributed by atoms with Crippen molar-refractivity contribution < 1.29 is 4.39 Å². The lowest BCUT2D eigenvalue weighted by Crippen LogP contribution is -2.03. The summed E-state index contributed by atoms with van der Waals surface area (Å²) in [6.45, 7) is 4.40. The Kier molecular flexibility index (Phi) is 5.37. The van der Waals surface area contributed by atoms with Crippen LogP contribution in [0, 0.1) is 19.7 Å². The highest BCUT2D eigenvalue weighted by Gasteiger charge is 2.13. The number of benzene rings is 2. The Morgan fingerprint density at radius 3 is 2.56 bits per heavy atom. The third kappa shape index (κ3) is 4.09. The van der Waals surface area contributed by atoms with Crippen LogP contribution in [0.1, 0.15) is 16.8 Å². The highest BCUT2D eigenvalue weighted by atomic mass is 32.1. The number of aryl methyl sites for hydroxylation is 2. The molecule has 1 N–H and O–H groups in total. The molecule has 0 fully saturated rings. The maximum Gasteiger partial charge on any atom is 0.126 e. The molecule has 0 saturated heterocycles. The van der Waals surface area contributed by atoms with Crippen LogP contribution in [0.5, 0.6) is 0 Å². The molecule has 4 nitrogen and oxygen atoms in total. The molecule has 158 valence electrons. The van der Waals surface area contributed by atoms with Crippen LogP contribution in [0.15, 0.2) is 72.5 Å². The van der Waals surface area contributed by atoms with E-state index in [9.17, 15) is 4.39 Å². The first-order valence-electron chi connectivity index (χ1n) is 10.3. The van der Waals surface area contributed by atoms with Gasteiger partial charge in [-0.15, -0.1) is 11.3 Å². The number of nitrogens with zero attached hydrogens (tertiary/aromatic N) is 3. The number of nitrogens with one attached hydrogen (secondary N) is 1. The molecular weight excluding hydrogens is 419 g/mol. The molecule has 0 saturated carbocycles. The quantitative estimate of drug-likeness (QED) is 0.327. The van der Waals surface area contributed by atoms with Crippen LogP contribution in [-0.2, 0) is 6.54 Å². The number of rotatable bonds is 5. The predicted molar refractivity (Wildman–Crippen MR) is 129 cm³/mol. The Bertz CT molecular complexity index is 1410. The molecule has 32 heavy (non-hydrogen) atoms. The third-order valence-electron chi connectivity index (χ3n) is 5.41. The van der Waals surface area contributed by atoms with E-state index in [4.69, 9.17) is 4.98 Å². The Morgan fingerprint density at radius 2 is 1.75 bits per heavy atom. The summed E-state index contributed by atoms with van der Waals surface area (Å²) in [6.07, 6.45) is 3.68. The second kappa shape index (κ2) is 8.48. The van der Waals surface area contributed by atoms with E-state index in [0.29, 0.717) is 12.1 Å². The number of halogens is 1. The van der Waals surface area contributed by atoms with E-state index in [0.717, 1.165) is 49.5 Å². The summed E-state index contributed by atoms with van der Waals surface area (Å²) >= 11 is 1.61. The standard InChI is InChI=1S/C26H21FN4S/c1-16-3-6-20(28-12-16)13-29-21-11-22(18-5-8-24-25(10-18)32-15-31-24)26(30-14-21)19-4-7-23(27)17(2)9-19/h3-12,14-15,29H,13H2,1-2H3. The number of aromatic nitrogens is 3. The molecule has 0 atom stereocenters. The predicted octanol–water partition coefficient (Wildman–Crippen LogP) is 6.79. The van der Waals surface area contributed by atoms with Gasteiger partial charge in [0.15, 0.2) is 0 Å². The van der Waals surface area contributed by atoms with Gasteiger partial charge < -0.3 is 5.32 Å². The lowest BCUT2D eigenvalue weighted by molar-refractivity contribution is 0.619. The SMILES string of the molecule is Cc1ccc(CNc2cnc(-c3ccc(F)c(C)c3)c(-c3ccc4ncsc4c3)c2)nc1. The van der Waals surface area contributed by atoms with Gasteiger partial charge in [-0.3, -0.25) is 9.97 Å². The molecule has 5 aromatic rings. The highest BCUT2D eigenvalue weighted by Crippen LogP contribution is 2.35. The zero-order valence-corrected chi connectivity index (χ0v) is 18.6. The van der Waals surface area contributed by atoms with E-state index >= 15 is 0 Å². The maximum atomic E-state index is 13.9. The fourth-order valence-electron chi connectivity index (χ4n) is 3.62. The zero-order valence-electron chi connectivity index (χ0n) is 17.8. The first kappa shape index (κ1) is 20.3. The van der Waals surface area contributed by atoms with E-state index < -0.39 is 0 Å². The third-order valence-corrected chi connectivity index (χ3v) is 6.20. The molecule has 5 rings (SSSR count). The van der Waals surface area contributed by atoms with Crippen molar-refractivity contribution in [3.63, 3.8) is 0 Å². The first-order chi connectivity index (χ1) is 15.6. The highest BCUT2D eigenvalue weighted by molar-refractivity contribution is 7.16. The first-order valence-corrected chi connectivity index (χ1v) is 11.2. The second-order valence-electron chi connectivity index (χ2n) is 7.80. The Labute approximate surface area is 189 Å². The van der Waals surface area contributed by atoms with E-state index in [1.165, 1.54) is 6.07 Å². The molecular formula is C26H21FN4S. The molecule has 0 aliphatic carbocycles. The van der Waals surface area contributed by atoms with Gasteiger partial charge in [0.25, 0.3) is 0 Å². The number of hydrogen-bond acceptors (Lipinski definition) is 5. The molecule has 0 unspecified atom stereocenters. The molecule has 2 aromatic carbocycles. The van der Waals surface area contributed by atoms with Crippen LogP contribution in [0.3, 0.4) is 0 Å². The molecule has 6 heteroatoms. The molecule has 0 amide bonds. The number of anilines is 1. The van der Waals surface area contributed by atoms with E-state index in [1.807, 2.05) is 43.0 Å². The minimum absolute atomic E-state index is 0.217. The fraction of sp³-hybridized carbons (Fsp3) is 0.115. The Balaban J connectivity index is 1.56. The van der Waals surface area contributed by atoms with Crippen molar-refractivity contribution in [2.45, 2.75) is 20.4 Å². The van der Waals surface area contributed by atoms with Gasteiger partial charge >= 0.3 is 0 Å². The van der Waals surface area contributed by atoms with Gasteiger partial charge in [-0.05, 0) is 73.0 Å². The minimum atomic E-state index is -0.217. The van der Waals surface area contributed by atoms with Gasteiger partial charge in [0, 0.05) is 17.3 Å². The summed E-state index contributed by atoms with van der Waals surface area (Å²) in [7, 11) is 0. The number of fused-ring (bicyclic) bond motifs is 1. The Morgan fingerprint density at radius 1 is 0.875 bits per heavy atom. The molecule has 0 aliphatic heterocycles. The largest absolute Gasteiger partial charge is 0.378 e. The van der Waals surface area contributed by atoms with Crippen molar-refractivity contribution in [1.82, 2.24) is 15.0 Å². The summed E-state index contributed by atoms with van der Waals surface area (Å²) in [4.78, 5) is 13.6.